The predicted molar refractivity (Wildman–Crippen MR) is 538 cm³/mol. The molecule has 0 aliphatic carbocycles. The molecule has 0 aromatic carbocycles. The lowest BCUT2D eigenvalue weighted by Gasteiger charge is -2.29. The number of hydrogen-bond donors (Lipinski definition) is 16. The van der Waals surface area contributed by atoms with Gasteiger partial charge in [-0.05, 0) is 110 Å². The van der Waals surface area contributed by atoms with Crippen LogP contribution in [0.25, 0.3) is 44.7 Å². The van der Waals surface area contributed by atoms with Gasteiger partial charge in [-0.3, -0.25) is 61.3 Å². The summed E-state index contributed by atoms with van der Waals surface area (Å²) in [5.74, 6) is -0.624. The summed E-state index contributed by atoms with van der Waals surface area (Å²) in [6.45, 7) is -29.5. The van der Waals surface area contributed by atoms with E-state index in [4.69, 9.17) is 214 Å². The molecular weight excluding hydrogens is 2240 g/mol. The molecule has 62 nitrogen and oxygen atoms in total. The molecule has 76 heteroatoms. The number of aryl methyl sites for hydroxylation is 3. The Hall–Kier alpha value is -7.53. The maximum atomic E-state index is 13.7. The first-order valence-corrected chi connectivity index (χ1v) is 62.5. The van der Waals surface area contributed by atoms with E-state index >= 15 is 0 Å². The molecule has 7 aliphatic rings. The third-order valence-corrected chi connectivity index (χ3v) is 35.8. The van der Waals surface area contributed by atoms with Gasteiger partial charge in [-0.25, -0.2) is 54.3 Å². The zero-order chi connectivity index (χ0) is 106. The van der Waals surface area contributed by atoms with Gasteiger partial charge in [0, 0.05) is 87.3 Å². The fourth-order valence-corrected chi connectivity index (χ4v) is 27.2. The van der Waals surface area contributed by atoms with Crippen LogP contribution in [0.2, 0.25) is 0 Å². The van der Waals surface area contributed by atoms with Crippen molar-refractivity contribution in [2.24, 2.45) is 0 Å². The average Bonchev–Trinajstić information content (AvgIpc) is 1.62. The van der Waals surface area contributed by atoms with Crippen LogP contribution in [0.3, 0.4) is 0 Å². The van der Waals surface area contributed by atoms with Gasteiger partial charge in [-0.1, -0.05) is 6.92 Å². The highest BCUT2D eigenvalue weighted by molar-refractivity contribution is 8.09. The minimum atomic E-state index is -4.73. The van der Waals surface area contributed by atoms with E-state index in [-0.39, 0.29) is 130 Å². The number of aromatic nitrogens is 22. The lowest BCUT2D eigenvalue weighted by Crippen LogP contribution is -2.33. The molecule has 0 radical (unpaired) electrons. The number of fused-ring (bicyclic) bond motifs is 4. The Bertz CT molecular complexity index is 7670. The molecule has 0 spiro atoms. The minimum Gasteiger partial charge on any atom is -0.383 e. The third-order valence-electron chi connectivity index (χ3n) is 24.5. The highest BCUT2D eigenvalue weighted by atomic mass is 32.5. The van der Waals surface area contributed by atoms with Gasteiger partial charge in [0.25, 0.3) is 16.7 Å². The number of rotatable bonds is 41. The van der Waals surface area contributed by atoms with E-state index in [9.17, 15) is 63.0 Å². The molecule has 0 amide bonds. The number of nitrogens with zero attached hydrogens (tertiary/aromatic N) is 19. The van der Waals surface area contributed by atoms with Crippen molar-refractivity contribution >= 4 is 210 Å². The summed E-state index contributed by atoms with van der Waals surface area (Å²) < 4.78 is 138. The van der Waals surface area contributed by atoms with Crippen molar-refractivity contribution in [1.29, 1.82) is 0 Å². The standard InChI is InChI=1S/C72H95N28O34P7S7/c1-6-32-33(7-51(121-32)99-27-85-55-63(99)89-68(77)91-66(55)102)129-136(108,143)115-18-41-35(8-46(122-41)94-14-29(2)57(73)87-70(94)104)130-138(110,145)117-19-42-36(9-47(123-42)95-15-30(3)58(74)88-71(95)105)131-139(111,146)119-21-44-38(12-50(126-44)98-26-84-54-60(76)80-24-82-62(54)98)133-141(113,148)120-22-45-39(13-52(127-45)100-28-86-56-64(100)90-69(78)92-67(56)103)134-140(112,147)118-20-43-37(10-48(124-43)96-16-31(4)65(101)93-72(96)106)132-137(109,144)116-17-40-34(128-135(107,142)114-5)11-49(125-40)97-25-83-53-59(75)79-23-81-61(53)97/h14-16,23-28,32-52H,6-13,17-22H2,1-5H3,(H,107,142)(H,108,143)(H,109,144)(H,110,145)(H,111,146)(H,112,147)(H,113,148)(H2,73,87,104)(H2,74,88,105)(H2,75,79,81)(H2,76,80,82)(H,93,101,106)(H3,77,89,91,102)(H3,78,90,92,103)/t32-,33?,34?,35?,36?,37?,38?,39?,40-,41-,42-,43-,44-,45-,46-,47-,48-,49-,50-,51-,52-,135?,136?,137?,138?,139?,140?,141?/m1/s1. The fourth-order valence-electron chi connectivity index (χ4n) is 17.4. The summed E-state index contributed by atoms with van der Waals surface area (Å²) in [6.07, 6.45) is -15.7. The third kappa shape index (κ3) is 24.9. The number of nitrogen functional groups attached to an aromatic ring is 6. The van der Waals surface area contributed by atoms with Crippen molar-refractivity contribution in [2.45, 2.75) is 208 Å². The van der Waals surface area contributed by atoms with E-state index in [0.29, 0.717) is 17.5 Å². The Morgan fingerprint density at radius 1 is 0.331 bits per heavy atom. The summed E-state index contributed by atoms with van der Waals surface area (Å²) in [7, 11) is 1.14. The number of H-pyrrole nitrogens is 3. The molecule has 11 aromatic heterocycles. The van der Waals surface area contributed by atoms with Crippen LogP contribution in [0.5, 0.6) is 0 Å². The summed E-state index contributed by atoms with van der Waals surface area (Å²) in [6, 6.07) is 0. The largest absolute Gasteiger partial charge is 0.383 e. The van der Waals surface area contributed by atoms with E-state index in [1.165, 1.54) is 81.7 Å². The maximum absolute atomic E-state index is 13.7. The van der Waals surface area contributed by atoms with Crippen molar-refractivity contribution in [3.63, 3.8) is 0 Å². The van der Waals surface area contributed by atoms with Crippen molar-refractivity contribution in [1.82, 2.24) is 107 Å². The van der Waals surface area contributed by atoms with Crippen LogP contribution in [0, 0.1) is 20.8 Å². The van der Waals surface area contributed by atoms with E-state index in [1.54, 1.807) is 20.8 Å². The van der Waals surface area contributed by atoms with Gasteiger partial charge in [-0.15, -0.1) is 0 Å². The van der Waals surface area contributed by atoms with Gasteiger partial charge in [0.1, 0.15) is 116 Å². The highest BCUT2D eigenvalue weighted by Crippen LogP contribution is 2.59. The van der Waals surface area contributed by atoms with Gasteiger partial charge < -0.3 is 165 Å². The summed E-state index contributed by atoms with van der Waals surface area (Å²) in [4.78, 5) is 220. The first-order valence-electron chi connectivity index (χ1n) is 44.3. The molecule has 7 fully saturated rings. The quantitative estimate of drug-likeness (QED) is 0.0236. The number of ether oxygens (including phenoxy) is 7. The molecule has 804 valence electrons. The molecule has 18 rings (SSSR count). The van der Waals surface area contributed by atoms with E-state index in [1.807, 2.05) is 0 Å². The molecular formula is C72H95N28O34P7S7. The van der Waals surface area contributed by atoms with Crippen molar-refractivity contribution in [3.8, 4) is 0 Å². The Labute approximate surface area is 866 Å². The first kappa shape index (κ1) is 110. The molecule has 14 unspecified atom stereocenters. The highest BCUT2D eigenvalue weighted by Gasteiger charge is 2.52. The maximum Gasteiger partial charge on any atom is 0.351 e. The number of aromatic amines is 3. The average molecular weight is 2340 g/mol. The molecule has 28 atom stereocenters. The minimum absolute atomic E-state index is 0.0111. The van der Waals surface area contributed by atoms with Crippen molar-refractivity contribution in [3.05, 3.63) is 136 Å². The monoisotopic (exact) mass is 2340 g/mol. The smallest absolute Gasteiger partial charge is 0.351 e. The Kier molecular flexibility index (Phi) is 32.8. The molecule has 7 aliphatic heterocycles. The van der Waals surface area contributed by atoms with Crippen molar-refractivity contribution < 1.29 is 131 Å². The van der Waals surface area contributed by atoms with Gasteiger partial charge in [0.2, 0.25) is 11.9 Å². The first-order chi connectivity index (χ1) is 69.9. The molecule has 0 saturated carbocycles. The van der Waals surface area contributed by atoms with Gasteiger partial charge >= 0.3 is 64.1 Å². The molecule has 0 bridgehead atoms. The lowest BCUT2D eigenvalue weighted by atomic mass is 10.1. The van der Waals surface area contributed by atoms with Crippen LogP contribution in [0.15, 0.2) is 85.3 Å². The Balaban J connectivity index is 0.560. The zero-order valence-corrected chi connectivity index (χ0v) is 89.3. The fraction of sp³-hybridized carbons (Fsp3) is 0.556. The lowest BCUT2D eigenvalue weighted by molar-refractivity contribution is -0.0571. The molecule has 7 saturated heterocycles. The number of hydrogen-bond acceptors (Lipinski definition) is 52. The predicted octanol–water partition coefficient (Wildman–Crippen LogP) is 0.798. The molecule has 22 N–H and O–H groups in total. The topological polar surface area (TPSA) is 831 Å². The van der Waals surface area contributed by atoms with Crippen LogP contribution in [0.1, 0.15) is 119 Å². The molecule has 11 aromatic rings. The number of imidazole rings is 4. The van der Waals surface area contributed by atoms with Gasteiger partial charge in [0.15, 0.2) is 45.3 Å². The van der Waals surface area contributed by atoms with Crippen LogP contribution < -0.4 is 68.1 Å². The van der Waals surface area contributed by atoms with Crippen LogP contribution in [0.4, 0.5) is 35.2 Å². The van der Waals surface area contributed by atoms with Crippen LogP contribution in [-0.2, 0) is 179 Å². The van der Waals surface area contributed by atoms with Crippen LogP contribution in [-0.4, -0.2) is 273 Å². The normalized spacial score (nSPS) is 29.3. The van der Waals surface area contributed by atoms with E-state index in [0.717, 1.165) is 20.8 Å². The SMILES string of the molecule is CC[C@H]1O[C@@H](n2cnc3c(=O)[nH]c(N)nc32)CC1OP(O)(=S)OC[C@H]1O[C@@H](n2cc(C)c(N)nc2=O)CC1OP(O)(=S)OC[C@H]1O[C@@H](n2cc(C)c(N)nc2=O)CC1OP(O)(=S)OC[C@H]1O[C@@H](n2cnc3c(N)ncnc32)CC1OP(O)(=S)OC[C@H]1O[C@@H](n2cnc3c(=O)[nH]c(N)nc32)CC1OP(O)(=S)OC[C@H]1O[C@@H](n2cc(C)c(=O)[nH]c2=O)CC1OP(O)(=S)OC[C@H]1O[C@@H](n2cnc3c(N)ncnc32)CC1OP(O)(=S)OC. The van der Waals surface area contributed by atoms with Crippen LogP contribution >= 0.6 is 47.0 Å². The van der Waals surface area contributed by atoms with Gasteiger partial charge in [-0.2, -0.15) is 19.9 Å². The molecule has 148 heavy (non-hydrogen) atoms. The second-order valence-electron chi connectivity index (χ2n) is 34.4. The van der Waals surface area contributed by atoms with E-state index in [2.05, 4.69) is 74.8 Å². The zero-order valence-electron chi connectivity index (χ0n) is 77.3. The van der Waals surface area contributed by atoms with E-state index < -0.39 is 249 Å². The number of nitrogens with one attached hydrogen (secondary N) is 3. The number of anilines is 6. The summed E-state index contributed by atoms with van der Waals surface area (Å²) >= 11 is 39.2. The Morgan fingerprint density at radius 3 is 0.899 bits per heavy atom. The number of nitrogens with two attached hydrogens (primary N) is 6. The van der Waals surface area contributed by atoms with Gasteiger partial charge in [0.05, 0.1) is 114 Å². The summed E-state index contributed by atoms with van der Waals surface area (Å²) in [5, 5.41) is 0. The second kappa shape index (κ2) is 44.0. The van der Waals surface area contributed by atoms with Crippen molar-refractivity contribution in [2.75, 3.05) is 81.2 Å². The molecule has 18 heterocycles. The summed E-state index contributed by atoms with van der Waals surface area (Å²) in [5.41, 5.74) is 33.0. The Morgan fingerprint density at radius 2 is 0.595 bits per heavy atom. The second-order valence-corrected chi connectivity index (χ2v) is 54.0.